The van der Waals surface area contributed by atoms with Crippen LogP contribution >= 0.6 is 0 Å². The topological polar surface area (TPSA) is 120 Å². The number of hydrogen-bond donors (Lipinski definition) is 3. The van der Waals surface area contributed by atoms with Gasteiger partial charge in [-0.3, -0.25) is 19.9 Å². The molecule has 8 heteroatoms. The normalized spacial score (nSPS) is 11.6. The Morgan fingerprint density at radius 1 is 1.36 bits per heavy atom. The lowest BCUT2D eigenvalue weighted by molar-refractivity contribution is -0.137. The van der Waals surface area contributed by atoms with E-state index in [1.54, 1.807) is 24.7 Å². The Morgan fingerprint density at radius 3 is 2.86 bits per heavy atom. The van der Waals surface area contributed by atoms with Crippen molar-refractivity contribution >= 4 is 23.2 Å². The van der Waals surface area contributed by atoms with Crippen LogP contribution in [0.1, 0.15) is 30.4 Å². The number of nitriles is 1. The minimum atomic E-state index is -0.809. The third kappa shape index (κ3) is 6.55. The first kappa shape index (κ1) is 20.6. The number of nitrogens with zero attached hydrogens (tertiary/aromatic N) is 3. The molecule has 28 heavy (non-hydrogen) atoms. The van der Waals surface area contributed by atoms with Crippen LogP contribution in [0.25, 0.3) is 5.57 Å². The summed E-state index contributed by atoms with van der Waals surface area (Å²) in [5.41, 5.74) is 5.87. The second kappa shape index (κ2) is 11.1. The number of aromatic nitrogens is 1. The molecule has 0 saturated carbocycles. The number of carboxylic acid groups (broad SMARTS) is 1. The maximum atomic E-state index is 10.7. The summed E-state index contributed by atoms with van der Waals surface area (Å²) in [6, 6.07) is 11.3. The van der Waals surface area contributed by atoms with E-state index in [2.05, 4.69) is 20.8 Å². The number of hydroxylamine groups is 1. The summed E-state index contributed by atoms with van der Waals surface area (Å²) in [5, 5.41) is 20.0. The van der Waals surface area contributed by atoms with Gasteiger partial charge in [0.05, 0.1) is 12.8 Å². The van der Waals surface area contributed by atoms with E-state index in [4.69, 9.17) is 15.2 Å². The Labute approximate surface area is 163 Å². The molecule has 0 aliphatic heterocycles. The van der Waals surface area contributed by atoms with Gasteiger partial charge in [0, 0.05) is 24.4 Å². The van der Waals surface area contributed by atoms with Gasteiger partial charge in [-0.05, 0) is 42.2 Å². The number of nitrogens with one attached hydrogen (secondary N) is 2. The second-order valence-electron chi connectivity index (χ2n) is 5.70. The molecule has 0 bridgehead atoms. The zero-order chi connectivity index (χ0) is 20.2. The molecular weight excluding hydrogens is 358 g/mol. The van der Waals surface area contributed by atoms with Gasteiger partial charge in [0.2, 0.25) is 5.96 Å². The third-order valence-electron chi connectivity index (χ3n) is 3.69. The first-order chi connectivity index (χ1) is 13.6. The maximum Gasteiger partial charge on any atom is 0.303 e. The summed E-state index contributed by atoms with van der Waals surface area (Å²) in [6.07, 6.45) is 8.53. The minimum absolute atomic E-state index is 0.118. The molecule has 0 radical (unpaired) electrons. The van der Waals surface area contributed by atoms with E-state index in [0.29, 0.717) is 18.5 Å². The summed E-state index contributed by atoms with van der Waals surface area (Å²) in [4.78, 5) is 24.0. The molecular formula is C20H21N5O3. The number of rotatable bonds is 8. The number of benzene rings is 1. The highest BCUT2D eigenvalue weighted by Gasteiger charge is 2.07. The van der Waals surface area contributed by atoms with Crippen LogP contribution in [-0.2, 0) is 9.63 Å². The zero-order valence-corrected chi connectivity index (χ0v) is 15.4. The van der Waals surface area contributed by atoms with Crippen molar-refractivity contribution in [2.45, 2.75) is 19.3 Å². The molecule has 1 heterocycles. The van der Waals surface area contributed by atoms with E-state index in [-0.39, 0.29) is 12.4 Å². The van der Waals surface area contributed by atoms with Crippen molar-refractivity contribution in [3.05, 3.63) is 66.0 Å². The smallest absolute Gasteiger partial charge is 0.303 e. The number of aliphatic imine (C=N–C) groups is 1. The lowest BCUT2D eigenvalue weighted by Crippen LogP contribution is -2.33. The molecule has 0 amide bonds. The first-order valence-electron chi connectivity index (χ1n) is 8.59. The molecule has 3 N–H and O–H groups in total. The lowest BCUT2D eigenvalue weighted by Gasteiger charge is -2.10. The Balaban J connectivity index is 2.35. The number of carboxylic acids is 1. The van der Waals surface area contributed by atoms with Crippen molar-refractivity contribution in [1.29, 1.82) is 5.26 Å². The van der Waals surface area contributed by atoms with E-state index in [1.807, 2.05) is 36.4 Å². The van der Waals surface area contributed by atoms with Gasteiger partial charge in [-0.15, -0.1) is 0 Å². The molecule has 0 aliphatic rings. The van der Waals surface area contributed by atoms with Crippen molar-refractivity contribution in [2.75, 3.05) is 7.11 Å². The molecule has 0 atom stereocenters. The van der Waals surface area contributed by atoms with Crippen LogP contribution in [0.2, 0.25) is 0 Å². The van der Waals surface area contributed by atoms with Crippen molar-refractivity contribution in [2.24, 2.45) is 4.99 Å². The molecule has 8 nitrogen and oxygen atoms in total. The molecule has 0 unspecified atom stereocenters. The van der Waals surface area contributed by atoms with Gasteiger partial charge in [-0.25, -0.2) is 10.5 Å². The number of carbonyl (C=O) groups is 1. The zero-order valence-electron chi connectivity index (χ0n) is 15.4. The Morgan fingerprint density at radius 2 is 2.18 bits per heavy atom. The minimum Gasteiger partial charge on any atom is -0.481 e. The summed E-state index contributed by atoms with van der Waals surface area (Å²) < 4.78 is 0. The van der Waals surface area contributed by atoms with Gasteiger partial charge in [-0.2, -0.15) is 5.26 Å². The highest BCUT2D eigenvalue weighted by Crippen LogP contribution is 2.27. The van der Waals surface area contributed by atoms with E-state index < -0.39 is 5.97 Å². The molecule has 0 aliphatic carbocycles. The van der Waals surface area contributed by atoms with Crippen molar-refractivity contribution < 1.29 is 14.7 Å². The first-order valence-corrected chi connectivity index (χ1v) is 8.59. The second-order valence-corrected chi connectivity index (χ2v) is 5.70. The number of guanidine groups is 1. The Bertz CT molecular complexity index is 888. The summed E-state index contributed by atoms with van der Waals surface area (Å²) in [6.45, 7) is 0. The van der Waals surface area contributed by atoms with Crippen LogP contribution in [0.15, 0.2) is 59.9 Å². The standard InChI is InChI=1S/C20H21N5O3/c1-28-25-20(23-14-21)24-17-8-4-6-15(12-17)18(9-2-3-10-19(26)27)16-7-5-11-22-13-16/h4-9,11-13H,2-3,10H2,1H3,(H,26,27)(H2,23,24,25)/b18-9+. The quantitative estimate of drug-likeness (QED) is 0.161. The number of hydrogen-bond acceptors (Lipinski definition) is 5. The highest BCUT2D eigenvalue weighted by atomic mass is 16.6. The predicted molar refractivity (Wildman–Crippen MR) is 105 cm³/mol. The van der Waals surface area contributed by atoms with Crippen LogP contribution in [-0.4, -0.2) is 29.1 Å². The molecule has 0 saturated heterocycles. The molecule has 0 fully saturated rings. The molecule has 144 valence electrons. The third-order valence-corrected chi connectivity index (χ3v) is 3.69. The monoisotopic (exact) mass is 379 g/mol. The van der Waals surface area contributed by atoms with E-state index in [0.717, 1.165) is 16.7 Å². The van der Waals surface area contributed by atoms with Crippen LogP contribution in [0.3, 0.4) is 0 Å². The fourth-order valence-electron chi connectivity index (χ4n) is 2.52. The SMILES string of the molecule is CONC(=Nc1cccc(/C(=C\CCCC(=O)O)c2cccnc2)c1)NC#N. The van der Waals surface area contributed by atoms with Crippen molar-refractivity contribution in [3.63, 3.8) is 0 Å². The summed E-state index contributed by atoms with van der Waals surface area (Å²) in [7, 11) is 1.42. The molecule has 0 spiro atoms. The fraction of sp³-hybridized carbons (Fsp3) is 0.200. The average molecular weight is 379 g/mol. The number of unbranched alkanes of at least 4 members (excludes halogenated alkanes) is 1. The lowest BCUT2D eigenvalue weighted by atomic mass is 9.97. The van der Waals surface area contributed by atoms with Crippen molar-refractivity contribution in [1.82, 2.24) is 15.8 Å². The summed E-state index contributed by atoms with van der Waals surface area (Å²) in [5.74, 6) is -0.647. The largest absolute Gasteiger partial charge is 0.481 e. The molecule has 1 aromatic heterocycles. The van der Waals surface area contributed by atoms with E-state index in [1.165, 1.54) is 7.11 Å². The highest BCUT2D eigenvalue weighted by molar-refractivity contribution is 5.84. The van der Waals surface area contributed by atoms with Gasteiger partial charge < -0.3 is 5.11 Å². The van der Waals surface area contributed by atoms with E-state index in [9.17, 15) is 4.79 Å². The van der Waals surface area contributed by atoms with Crippen LogP contribution in [0.4, 0.5) is 5.69 Å². The van der Waals surface area contributed by atoms with Gasteiger partial charge >= 0.3 is 5.97 Å². The average Bonchev–Trinajstić information content (AvgIpc) is 2.69. The van der Waals surface area contributed by atoms with Crippen LogP contribution in [0.5, 0.6) is 0 Å². The van der Waals surface area contributed by atoms with Crippen molar-refractivity contribution in [3.8, 4) is 6.19 Å². The molecule has 1 aromatic carbocycles. The fourth-order valence-corrected chi connectivity index (χ4v) is 2.52. The van der Waals surface area contributed by atoms with E-state index >= 15 is 0 Å². The van der Waals surface area contributed by atoms with Gasteiger partial charge in [0.25, 0.3) is 0 Å². The maximum absolute atomic E-state index is 10.7. The summed E-state index contributed by atoms with van der Waals surface area (Å²) >= 11 is 0. The number of aliphatic carboxylic acids is 1. The number of allylic oxidation sites excluding steroid dienone is 1. The van der Waals surface area contributed by atoms with Gasteiger partial charge in [0.15, 0.2) is 6.19 Å². The predicted octanol–water partition coefficient (Wildman–Crippen LogP) is 2.98. The molecule has 2 aromatic rings. The van der Waals surface area contributed by atoms with Gasteiger partial charge in [0.1, 0.15) is 0 Å². The van der Waals surface area contributed by atoms with Crippen LogP contribution < -0.4 is 10.8 Å². The Hall–Kier alpha value is -3.70. The van der Waals surface area contributed by atoms with Crippen LogP contribution in [0, 0.1) is 11.5 Å². The molecule has 2 rings (SSSR count). The Kier molecular flexibility index (Phi) is 8.17. The van der Waals surface area contributed by atoms with Gasteiger partial charge in [-0.1, -0.05) is 24.3 Å². The number of pyridine rings is 1.